The van der Waals surface area contributed by atoms with Crippen molar-refractivity contribution in [1.29, 1.82) is 5.59 Å². The van der Waals surface area contributed by atoms with E-state index in [0.717, 1.165) is 35.5 Å². The Hall–Kier alpha value is -0.492. The van der Waals surface area contributed by atoms with Crippen molar-refractivity contribution in [3.05, 3.63) is 41.3 Å². The van der Waals surface area contributed by atoms with Gasteiger partial charge in [0.2, 0.25) is 0 Å². The molecule has 1 aromatic rings. The topological polar surface area (TPSA) is 40.9 Å². The molecule has 0 spiro atoms. The van der Waals surface area contributed by atoms with Gasteiger partial charge in [-0.1, -0.05) is 67.4 Å². The first-order valence-electron chi connectivity index (χ1n) is 8.94. The predicted molar refractivity (Wildman–Crippen MR) is 102 cm³/mol. The van der Waals surface area contributed by atoms with Gasteiger partial charge < -0.3 is 0 Å². The molecule has 3 heteroatoms. The molecule has 1 saturated carbocycles. The van der Waals surface area contributed by atoms with Gasteiger partial charge in [0.25, 0.3) is 0 Å². The number of rotatable bonds is 1. The minimum Gasteiger partial charge on any atom is -0.184 e. The van der Waals surface area contributed by atoms with Crippen LogP contribution in [0.5, 0.6) is 0 Å². The van der Waals surface area contributed by atoms with Gasteiger partial charge in [-0.05, 0) is 35.5 Å². The summed E-state index contributed by atoms with van der Waals surface area (Å²) in [6.07, 6.45) is 1.31. The first-order chi connectivity index (χ1) is 10.8. The molecule has 0 saturated heterocycles. The number of hydrogen-bond acceptors (Lipinski definition) is 2. The molecular weight excluding hydrogens is 466 g/mol. The monoisotopic (exact) mass is 504 g/mol. The zero-order chi connectivity index (χ0) is 18.4. The molecule has 0 amide bonds. The van der Waals surface area contributed by atoms with Gasteiger partial charge in [0.05, 0.1) is 0 Å². The molecule has 1 aliphatic carbocycles. The summed E-state index contributed by atoms with van der Waals surface area (Å²) in [6, 6.07) is 12.5. The fourth-order valence-corrected chi connectivity index (χ4v) is 2.74. The van der Waals surface area contributed by atoms with Crippen LogP contribution in [-0.2, 0) is 21.1 Å². The van der Waals surface area contributed by atoms with Gasteiger partial charge in [-0.25, -0.2) is 0 Å². The summed E-state index contributed by atoms with van der Waals surface area (Å²) in [6.45, 7) is 18.6. The van der Waals surface area contributed by atoms with E-state index in [4.69, 9.17) is 4.91 Å². The van der Waals surface area contributed by atoms with Gasteiger partial charge in [0.1, 0.15) is 0 Å². The van der Waals surface area contributed by atoms with Gasteiger partial charge in [0, 0.05) is 0 Å². The maximum atomic E-state index is 7.50. The Morgan fingerprint density at radius 2 is 1.04 bits per heavy atom. The molecule has 0 aromatic heterocycles. The SMILES string of the molecule is CC1C(C)C(C)C(C)C1C.CCC(C)C.N=O.[W+2].[c-]1ccccc1. The molecule has 1 aliphatic rings. The first-order valence-corrected chi connectivity index (χ1v) is 8.94. The van der Waals surface area contributed by atoms with E-state index >= 15 is 0 Å². The number of nitrogens with one attached hydrogen (secondary N) is 1. The molecule has 0 heterocycles. The van der Waals surface area contributed by atoms with Crippen LogP contribution >= 0.6 is 0 Å². The summed E-state index contributed by atoms with van der Waals surface area (Å²) in [5, 5.41) is 0. The van der Waals surface area contributed by atoms with E-state index in [1.165, 1.54) is 6.42 Å². The van der Waals surface area contributed by atoms with Crippen LogP contribution in [0.25, 0.3) is 0 Å². The van der Waals surface area contributed by atoms with Crippen LogP contribution < -0.4 is 0 Å². The van der Waals surface area contributed by atoms with Crippen LogP contribution in [-0.4, -0.2) is 0 Å². The third kappa shape index (κ3) is 12.0. The molecule has 0 radical (unpaired) electrons. The van der Waals surface area contributed by atoms with E-state index in [9.17, 15) is 0 Å². The van der Waals surface area contributed by atoms with E-state index in [1.807, 2.05) is 30.3 Å². The summed E-state index contributed by atoms with van der Waals surface area (Å²) in [7, 11) is 0. The fraction of sp³-hybridized carbons (Fsp3) is 0.714. The van der Waals surface area contributed by atoms with E-state index in [1.54, 1.807) is 0 Å². The summed E-state index contributed by atoms with van der Waals surface area (Å²) in [5.41, 5.74) is 4.50. The average Bonchev–Trinajstić information content (AvgIpc) is 2.77. The zero-order valence-electron chi connectivity index (χ0n) is 16.9. The van der Waals surface area contributed by atoms with E-state index in [-0.39, 0.29) is 21.1 Å². The van der Waals surface area contributed by atoms with Crippen molar-refractivity contribution in [2.75, 3.05) is 0 Å². The maximum absolute atomic E-state index is 7.50. The second-order valence-corrected chi connectivity index (χ2v) is 7.18. The average molecular weight is 504 g/mol. The van der Waals surface area contributed by atoms with Gasteiger partial charge in [0.15, 0.2) is 0 Å². The van der Waals surface area contributed by atoms with Crippen molar-refractivity contribution in [1.82, 2.24) is 0 Å². The minimum absolute atomic E-state index is 0. The number of hydrogen-bond donors (Lipinski definition) is 1. The van der Waals surface area contributed by atoms with Crippen LogP contribution in [0.3, 0.4) is 0 Å². The molecule has 1 aromatic carbocycles. The molecule has 0 aliphatic heterocycles. The molecule has 0 atom stereocenters. The largest absolute Gasteiger partial charge is 2.00 e. The summed E-state index contributed by atoms with van der Waals surface area (Å²) >= 11 is 0. The summed E-state index contributed by atoms with van der Waals surface area (Å²) < 4.78 is 0. The molecule has 24 heavy (non-hydrogen) atoms. The molecule has 0 unspecified atom stereocenters. The molecular formula is C21H38NOW+. The van der Waals surface area contributed by atoms with Crippen LogP contribution in [0.1, 0.15) is 61.8 Å². The smallest absolute Gasteiger partial charge is 0.184 e. The van der Waals surface area contributed by atoms with Crippen LogP contribution in [0.4, 0.5) is 0 Å². The minimum atomic E-state index is 0. The van der Waals surface area contributed by atoms with Gasteiger partial charge >= 0.3 is 21.1 Å². The number of benzene rings is 1. The maximum Gasteiger partial charge on any atom is 2.00 e. The van der Waals surface area contributed by atoms with Crippen LogP contribution in [0.15, 0.2) is 30.3 Å². The van der Waals surface area contributed by atoms with E-state index in [0.29, 0.717) is 0 Å². The second kappa shape index (κ2) is 17.3. The first kappa shape index (κ1) is 28.3. The Morgan fingerprint density at radius 3 is 1.12 bits per heavy atom. The molecule has 2 nitrogen and oxygen atoms in total. The fourth-order valence-electron chi connectivity index (χ4n) is 2.74. The Bertz CT molecular complexity index is 287. The van der Waals surface area contributed by atoms with Crippen molar-refractivity contribution < 1.29 is 21.1 Å². The van der Waals surface area contributed by atoms with E-state index < -0.39 is 0 Å². The Morgan fingerprint density at radius 1 is 0.792 bits per heavy atom. The molecule has 0 bridgehead atoms. The summed E-state index contributed by atoms with van der Waals surface area (Å²) in [4.78, 5) is 7.50. The third-order valence-corrected chi connectivity index (χ3v) is 5.57. The van der Waals surface area contributed by atoms with E-state index in [2.05, 4.69) is 67.1 Å². The Kier molecular flexibility index (Phi) is 20.5. The molecule has 1 N–H and O–H groups in total. The Balaban J connectivity index is -0.000000274. The summed E-state index contributed by atoms with van der Waals surface area (Å²) in [5.74, 6) is 5.56. The van der Waals surface area contributed by atoms with Crippen molar-refractivity contribution in [2.24, 2.45) is 35.5 Å². The standard InChI is InChI=1S/C10H20.C6H5.C5H12.HNO.W/c1-6-7(2)9(4)10(5)8(6)3;1-2-4-6-5-3-1;1-4-5(2)3;1-2;/h6-10H,1-5H3;1-5H;5H,4H2,1-3H3;1H;/q;-1;;;+2. The third-order valence-electron chi connectivity index (χ3n) is 5.57. The van der Waals surface area contributed by atoms with Crippen LogP contribution in [0, 0.1) is 52.1 Å². The Labute approximate surface area is 165 Å². The second-order valence-electron chi connectivity index (χ2n) is 7.18. The normalized spacial score (nSPS) is 27.3. The van der Waals surface area contributed by atoms with Crippen molar-refractivity contribution in [2.45, 2.75) is 61.8 Å². The van der Waals surface area contributed by atoms with Crippen LogP contribution in [0.2, 0.25) is 0 Å². The molecule has 138 valence electrons. The van der Waals surface area contributed by atoms with Crippen molar-refractivity contribution in [3.8, 4) is 0 Å². The molecule has 2 rings (SSSR count). The van der Waals surface area contributed by atoms with Gasteiger partial charge in [-0.3, -0.25) is 0 Å². The van der Waals surface area contributed by atoms with Gasteiger partial charge in [-0.15, -0.1) is 0 Å². The van der Waals surface area contributed by atoms with Crippen molar-refractivity contribution in [3.63, 3.8) is 0 Å². The number of nitroso groups, excluding NO2 is 1. The van der Waals surface area contributed by atoms with Gasteiger partial charge in [-0.2, -0.15) is 41.3 Å². The zero-order valence-corrected chi connectivity index (χ0v) is 19.8. The predicted octanol–water partition coefficient (Wildman–Crippen LogP) is 7.05. The quantitative estimate of drug-likeness (QED) is 0.323. The molecule has 1 fully saturated rings. The van der Waals surface area contributed by atoms with Crippen molar-refractivity contribution >= 4 is 0 Å².